The average Bonchev–Trinajstić information content (AvgIpc) is 3.22. The zero-order valence-electron chi connectivity index (χ0n) is 18.6. The van der Waals surface area contributed by atoms with Crippen LogP contribution in [0, 0.1) is 22.7 Å². The number of rotatable bonds is 3. The van der Waals surface area contributed by atoms with Gasteiger partial charge < -0.3 is 13.9 Å². The quantitative estimate of drug-likeness (QED) is 0.482. The predicted octanol–water partition coefficient (Wildman–Crippen LogP) is 5.53. The van der Waals surface area contributed by atoms with Crippen molar-refractivity contribution in [2.75, 3.05) is 0 Å². The van der Waals surface area contributed by atoms with E-state index >= 15 is 0 Å². The Hall–Kier alpha value is -2.30. The van der Waals surface area contributed by atoms with Crippen LogP contribution in [0.2, 0.25) is 0 Å². The first-order valence-corrected chi connectivity index (χ1v) is 11.0. The summed E-state index contributed by atoms with van der Waals surface area (Å²) in [4.78, 5) is 25.7. The van der Waals surface area contributed by atoms with Gasteiger partial charge in [0, 0.05) is 28.5 Å². The van der Waals surface area contributed by atoms with Gasteiger partial charge in [0.25, 0.3) is 0 Å². The van der Waals surface area contributed by atoms with Crippen molar-refractivity contribution < 1.29 is 23.5 Å². The molecule has 0 N–H and O–H groups in total. The van der Waals surface area contributed by atoms with Crippen molar-refractivity contribution in [3.05, 3.63) is 47.5 Å². The molecule has 1 saturated carbocycles. The van der Waals surface area contributed by atoms with Gasteiger partial charge in [-0.15, -0.1) is 0 Å². The second-order valence-corrected chi connectivity index (χ2v) is 10.0. The molecule has 5 atom stereocenters. The summed E-state index contributed by atoms with van der Waals surface area (Å²) >= 11 is 0. The van der Waals surface area contributed by atoms with Gasteiger partial charge in [0.05, 0.1) is 12.5 Å². The molecule has 162 valence electrons. The number of allylic oxidation sites excluding steroid dienone is 1. The first-order valence-electron chi connectivity index (χ1n) is 11.0. The lowest BCUT2D eigenvalue weighted by atomic mass is 9.47. The van der Waals surface area contributed by atoms with E-state index in [1.807, 2.05) is 19.1 Å². The summed E-state index contributed by atoms with van der Waals surface area (Å²) in [6.45, 7) is 10.4. The maximum Gasteiger partial charge on any atom is 0.334 e. The molecule has 0 amide bonds. The zero-order chi connectivity index (χ0) is 21.7. The summed E-state index contributed by atoms with van der Waals surface area (Å²) in [7, 11) is 0. The fourth-order valence-electron chi connectivity index (χ4n) is 6.25. The second-order valence-electron chi connectivity index (χ2n) is 10.0. The standard InChI is InChI=1S/C25H32O5/c1-6-15(2)22(26)30-20-12-17-18(25(5)10-7-9-24(3,4)21(20)25)13-19(29-23(17)27)16-8-11-28-14-16/h6,8,11-12,14,18-21H,7,9-10,13H2,1-5H3/b15-6-/t18-,19+,20+,21-,25+/m0/s1. The Morgan fingerprint density at radius 3 is 2.70 bits per heavy atom. The number of furan rings is 1. The molecule has 4 rings (SSSR count). The molecule has 1 aromatic rings. The molecule has 0 radical (unpaired) electrons. The lowest BCUT2D eigenvalue weighted by molar-refractivity contribution is -0.172. The summed E-state index contributed by atoms with van der Waals surface area (Å²) < 4.78 is 17.0. The number of hydrogen-bond donors (Lipinski definition) is 0. The summed E-state index contributed by atoms with van der Waals surface area (Å²) in [6.07, 6.45) is 10.1. The van der Waals surface area contributed by atoms with Crippen molar-refractivity contribution >= 4 is 11.9 Å². The summed E-state index contributed by atoms with van der Waals surface area (Å²) in [5.41, 5.74) is 1.99. The highest BCUT2D eigenvalue weighted by atomic mass is 16.6. The molecule has 30 heavy (non-hydrogen) atoms. The molecule has 1 aromatic heterocycles. The molecule has 1 aliphatic heterocycles. The number of fused-ring (bicyclic) bond motifs is 3. The van der Waals surface area contributed by atoms with Crippen LogP contribution in [0.25, 0.3) is 0 Å². The van der Waals surface area contributed by atoms with Crippen LogP contribution in [0.3, 0.4) is 0 Å². The maximum atomic E-state index is 13.1. The Morgan fingerprint density at radius 1 is 1.27 bits per heavy atom. The van der Waals surface area contributed by atoms with E-state index in [4.69, 9.17) is 13.9 Å². The maximum absolute atomic E-state index is 13.1. The van der Waals surface area contributed by atoms with E-state index in [2.05, 4.69) is 20.8 Å². The van der Waals surface area contributed by atoms with Crippen LogP contribution in [-0.4, -0.2) is 18.0 Å². The third-order valence-corrected chi connectivity index (χ3v) is 7.78. The van der Waals surface area contributed by atoms with Crippen LogP contribution in [-0.2, 0) is 19.1 Å². The summed E-state index contributed by atoms with van der Waals surface area (Å²) in [5.74, 6) is -0.413. The van der Waals surface area contributed by atoms with Crippen LogP contribution < -0.4 is 0 Å². The van der Waals surface area contributed by atoms with Gasteiger partial charge in [-0.1, -0.05) is 33.3 Å². The SMILES string of the molecule is C/C=C(/C)C(=O)O[C@@H]1C=C2C(=O)O[C@@H](c3ccoc3)C[C@@H]2[C@@]2(C)CCCC(C)(C)[C@H]12. The summed E-state index contributed by atoms with van der Waals surface area (Å²) in [6, 6.07) is 1.87. The van der Waals surface area contributed by atoms with E-state index in [-0.39, 0.29) is 40.7 Å². The van der Waals surface area contributed by atoms with Crippen LogP contribution in [0.1, 0.15) is 72.0 Å². The van der Waals surface area contributed by atoms with Gasteiger partial charge in [0.15, 0.2) is 0 Å². The minimum absolute atomic E-state index is 0.00367. The van der Waals surface area contributed by atoms with Crippen molar-refractivity contribution in [3.63, 3.8) is 0 Å². The number of hydrogen-bond acceptors (Lipinski definition) is 5. The number of carbonyl (C=O) groups is 2. The smallest absolute Gasteiger partial charge is 0.334 e. The van der Waals surface area contributed by atoms with E-state index in [9.17, 15) is 9.59 Å². The van der Waals surface area contributed by atoms with Crippen LogP contribution in [0.15, 0.2) is 46.3 Å². The van der Waals surface area contributed by atoms with Crippen LogP contribution >= 0.6 is 0 Å². The molecule has 1 saturated heterocycles. The average molecular weight is 413 g/mol. The Balaban J connectivity index is 1.76. The highest BCUT2D eigenvalue weighted by Gasteiger charge is 2.59. The third-order valence-electron chi connectivity index (χ3n) is 7.78. The lowest BCUT2D eigenvalue weighted by Crippen LogP contribution is -2.57. The molecule has 0 spiro atoms. The molecule has 0 unspecified atom stereocenters. The van der Waals surface area contributed by atoms with Crippen molar-refractivity contribution in [2.24, 2.45) is 22.7 Å². The van der Waals surface area contributed by atoms with E-state index < -0.39 is 6.10 Å². The van der Waals surface area contributed by atoms with Gasteiger partial charge in [-0.2, -0.15) is 0 Å². The first kappa shape index (κ1) is 21.0. The molecule has 3 aliphatic rings. The van der Waals surface area contributed by atoms with E-state index in [0.717, 1.165) is 31.2 Å². The van der Waals surface area contributed by atoms with Crippen molar-refractivity contribution in [1.29, 1.82) is 0 Å². The minimum Gasteiger partial charge on any atom is -0.472 e. The number of esters is 2. The van der Waals surface area contributed by atoms with Gasteiger partial charge in [0.2, 0.25) is 0 Å². The van der Waals surface area contributed by atoms with Gasteiger partial charge in [-0.25, -0.2) is 9.59 Å². The van der Waals surface area contributed by atoms with E-state index in [1.54, 1.807) is 25.5 Å². The van der Waals surface area contributed by atoms with E-state index in [1.165, 1.54) is 0 Å². The van der Waals surface area contributed by atoms with Crippen LogP contribution in [0.5, 0.6) is 0 Å². The highest BCUT2D eigenvalue weighted by Crippen LogP contribution is 2.63. The van der Waals surface area contributed by atoms with Crippen LogP contribution in [0.4, 0.5) is 0 Å². The van der Waals surface area contributed by atoms with Gasteiger partial charge in [-0.05, 0) is 56.1 Å². The summed E-state index contributed by atoms with van der Waals surface area (Å²) in [5, 5.41) is 0. The Morgan fingerprint density at radius 2 is 2.03 bits per heavy atom. The molecule has 2 aliphatic carbocycles. The monoisotopic (exact) mass is 412 g/mol. The molecule has 5 heteroatoms. The molecule has 2 heterocycles. The highest BCUT2D eigenvalue weighted by molar-refractivity contribution is 5.91. The van der Waals surface area contributed by atoms with Crippen molar-refractivity contribution in [3.8, 4) is 0 Å². The Labute approximate surface area is 178 Å². The predicted molar refractivity (Wildman–Crippen MR) is 112 cm³/mol. The molecule has 5 nitrogen and oxygen atoms in total. The van der Waals surface area contributed by atoms with Crippen molar-refractivity contribution in [1.82, 2.24) is 0 Å². The molecule has 0 aromatic carbocycles. The molecule has 2 fully saturated rings. The lowest BCUT2D eigenvalue weighted by Gasteiger charge is -2.59. The molecular formula is C25H32O5. The Kier molecular flexibility index (Phi) is 5.19. The van der Waals surface area contributed by atoms with Gasteiger partial charge in [0.1, 0.15) is 12.2 Å². The topological polar surface area (TPSA) is 65.7 Å². The Bertz CT molecular complexity index is 891. The molecular weight excluding hydrogens is 380 g/mol. The number of carbonyl (C=O) groups excluding carboxylic acids is 2. The normalized spacial score (nSPS) is 35.6. The second kappa shape index (κ2) is 7.44. The zero-order valence-corrected chi connectivity index (χ0v) is 18.6. The minimum atomic E-state index is -0.433. The fraction of sp³-hybridized carbons (Fsp3) is 0.600. The first-order chi connectivity index (χ1) is 14.2. The third kappa shape index (κ3) is 3.32. The van der Waals surface area contributed by atoms with Gasteiger partial charge in [-0.3, -0.25) is 0 Å². The molecule has 0 bridgehead atoms. The number of ether oxygens (including phenoxy) is 2. The van der Waals surface area contributed by atoms with Crippen molar-refractivity contribution in [2.45, 2.75) is 72.5 Å². The van der Waals surface area contributed by atoms with E-state index in [0.29, 0.717) is 11.1 Å². The number of cyclic esters (lactones) is 1. The largest absolute Gasteiger partial charge is 0.472 e. The van der Waals surface area contributed by atoms with Gasteiger partial charge >= 0.3 is 11.9 Å². The fourth-order valence-corrected chi connectivity index (χ4v) is 6.25.